The van der Waals surface area contributed by atoms with Gasteiger partial charge in [0.25, 0.3) is 0 Å². The van der Waals surface area contributed by atoms with Gasteiger partial charge in [-0.25, -0.2) is 4.39 Å². The summed E-state index contributed by atoms with van der Waals surface area (Å²) in [6.07, 6.45) is 2.15. The Hall–Kier alpha value is -3.29. The fraction of sp³-hybridized carbons (Fsp3) is 0.222. The van der Waals surface area contributed by atoms with Crippen LogP contribution in [-0.2, 0) is 4.79 Å². The molecular weight excluding hydrogens is 335 g/mol. The highest BCUT2D eigenvalue weighted by molar-refractivity contribution is 5.95. The first-order valence-corrected chi connectivity index (χ1v) is 8.35. The Kier molecular flexibility index (Phi) is 4.30. The van der Waals surface area contributed by atoms with E-state index >= 15 is 0 Å². The third kappa shape index (κ3) is 3.13. The Morgan fingerprint density at radius 1 is 1.12 bits per heavy atom. The second-order valence-corrected chi connectivity index (χ2v) is 6.14. The van der Waals surface area contributed by atoms with Crippen molar-refractivity contribution in [1.29, 1.82) is 0 Å². The Bertz CT molecular complexity index is 914. The lowest BCUT2D eigenvalue weighted by Crippen LogP contribution is -2.27. The van der Waals surface area contributed by atoms with E-state index in [1.807, 2.05) is 23.1 Å². The standard InChI is InChI=1S/C18H17FN6O/c19-14-5-1-3-7-16(14)24-10-9-13(11-24)18(26)21-15-6-2-4-8-17(15)25-12-20-22-23-25/h1-8,12-13H,9-11H2,(H,21,26). The summed E-state index contributed by atoms with van der Waals surface area (Å²) in [6, 6.07) is 14.0. The van der Waals surface area contributed by atoms with Crippen molar-refractivity contribution in [3.63, 3.8) is 0 Å². The predicted octanol–water partition coefficient (Wildman–Crippen LogP) is 2.27. The van der Waals surface area contributed by atoms with Gasteiger partial charge in [0.1, 0.15) is 12.1 Å². The van der Waals surface area contributed by atoms with Crippen LogP contribution in [0.3, 0.4) is 0 Å². The number of anilines is 2. The summed E-state index contributed by atoms with van der Waals surface area (Å²) in [5.74, 6) is -0.571. The molecule has 1 N–H and O–H groups in total. The number of nitrogens with zero attached hydrogens (tertiary/aromatic N) is 5. The molecule has 4 rings (SSSR count). The largest absolute Gasteiger partial charge is 0.368 e. The summed E-state index contributed by atoms with van der Waals surface area (Å²) in [5.41, 5.74) is 1.86. The van der Waals surface area contributed by atoms with E-state index in [4.69, 9.17) is 0 Å². The van der Waals surface area contributed by atoms with E-state index < -0.39 is 0 Å². The first kappa shape index (κ1) is 16.2. The van der Waals surface area contributed by atoms with Crippen LogP contribution in [0.2, 0.25) is 0 Å². The minimum atomic E-state index is -0.266. The smallest absolute Gasteiger partial charge is 0.229 e. The first-order chi connectivity index (χ1) is 12.7. The molecule has 0 bridgehead atoms. The highest BCUT2D eigenvalue weighted by Gasteiger charge is 2.30. The second kappa shape index (κ2) is 6.91. The summed E-state index contributed by atoms with van der Waals surface area (Å²) < 4.78 is 15.5. The van der Waals surface area contributed by atoms with E-state index in [0.717, 1.165) is 0 Å². The van der Waals surface area contributed by atoms with Gasteiger partial charge in [0.15, 0.2) is 0 Å². The van der Waals surface area contributed by atoms with Gasteiger partial charge in [-0.2, -0.15) is 4.68 Å². The molecule has 132 valence electrons. The van der Waals surface area contributed by atoms with Gasteiger partial charge in [0.2, 0.25) is 5.91 Å². The molecular formula is C18H17FN6O. The highest BCUT2D eigenvalue weighted by atomic mass is 19.1. The van der Waals surface area contributed by atoms with E-state index in [1.54, 1.807) is 24.3 Å². The lowest BCUT2D eigenvalue weighted by molar-refractivity contribution is -0.119. The van der Waals surface area contributed by atoms with Crippen LogP contribution >= 0.6 is 0 Å². The van der Waals surface area contributed by atoms with Crippen molar-refractivity contribution in [2.45, 2.75) is 6.42 Å². The Balaban J connectivity index is 1.48. The number of aromatic nitrogens is 4. The lowest BCUT2D eigenvalue weighted by Gasteiger charge is -2.19. The highest BCUT2D eigenvalue weighted by Crippen LogP contribution is 2.27. The fourth-order valence-corrected chi connectivity index (χ4v) is 3.19. The van der Waals surface area contributed by atoms with E-state index in [9.17, 15) is 9.18 Å². The Morgan fingerprint density at radius 3 is 2.65 bits per heavy atom. The van der Waals surface area contributed by atoms with Crippen LogP contribution in [0.5, 0.6) is 0 Å². The molecule has 26 heavy (non-hydrogen) atoms. The molecule has 1 aliphatic heterocycles. The molecule has 1 aromatic heterocycles. The number of hydrogen-bond donors (Lipinski definition) is 1. The molecule has 1 atom stereocenters. The van der Waals surface area contributed by atoms with Crippen molar-refractivity contribution in [2.75, 3.05) is 23.3 Å². The molecule has 7 nitrogen and oxygen atoms in total. The topological polar surface area (TPSA) is 75.9 Å². The van der Waals surface area contributed by atoms with E-state index in [1.165, 1.54) is 17.1 Å². The van der Waals surface area contributed by atoms with Crippen molar-refractivity contribution in [1.82, 2.24) is 20.2 Å². The average Bonchev–Trinajstić information content (AvgIpc) is 3.35. The van der Waals surface area contributed by atoms with Gasteiger partial charge in [-0.05, 0) is 41.1 Å². The van der Waals surface area contributed by atoms with Crippen LogP contribution in [0, 0.1) is 11.7 Å². The van der Waals surface area contributed by atoms with Gasteiger partial charge < -0.3 is 10.2 Å². The number of rotatable bonds is 4. The second-order valence-electron chi connectivity index (χ2n) is 6.14. The number of para-hydroxylation sites is 3. The van der Waals surface area contributed by atoms with Crippen LogP contribution in [-0.4, -0.2) is 39.2 Å². The van der Waals surface area contributed by atoms with E-state index in [0.29, 0.717) is 36.6 Å². The van der Waals surface area contributed by atoms with Crippen LogP contribution in [0.4, 0.5) is 15.8 Å². The number of benzene rings is 2. The normalized spacial score (nSPS) is 16.7. The molecule has 2 aromatic carbocycles. The predicted molar refractivity (Wildman–Crippen MR) is 94.5 cm³/mol. The molecule has 0 spiro atoms. The van der Waals surface area contributed by atoms with Crippen LogP contribution in [0.1, 0.15) is 6.42 Å². The summed E-state index contributed by atoms with van der Waals surface area (Å²) in [5, 5.41) is 14.1. The van der Waals surface area contributed by atoms with Crippen molar-refractivity contribution >= 4 is 17.3 Å². The zero-order chi connectivity index (χ0) is 17.9. The third-order valence-electron chi connectivity index (χ3n) is 4.51. The van der Waals surface area contributed by atoms with E-state index in [2.05, 4.69) is 20.8 Å². The number of nitrogens with one attached hydrogen (secondary N) is 1. The number of tetrazole rings is 1. The van der Waals surface area contributed by atoms with Gasteiger partial charge in [0, 0.05) is 13.1 Å². The lowest BCUT2D eigenvalue weighted by atomic mass is 10.1. The number of amides is 1. The minimum Gasteiger partial charge on any atom is -0.368 e. The van der Waals surface area contributed by atoms with Gasteiger partial charge in [0.05, 0.1) is 23.0 Å². The van der Waals surface area contributed by atoms with Crippen LogP contribution < -0.4 is 10.2 Å². The summed E-state index contributed by atoms with van der Waals surface area (Å²) >= 11 is 0. The SMILES string of the molecule is O=C(Nc1ccccc1-n1cnnn1)C1CCN(c2ccccc2F)C1. The number of carbonyl (C=O) groups is 1. The Labute approximate surface area is 149 Å². The molecule has 0 aliphatic carbocycles. The van der Waals surface area contributed by atoms with E-state index in [-0.39, 0.29) is 17.6 Å². The molecule has 3 aromatic rings. The van der Waals surface area contributed by atoms with Crippen molar-refractivity contribution in [2.24, 2.45) is 5.92 Å². The zero-order valence-electron chi connectivity index (χ0n) is 13.9. The average molecular weight is 352 g/mol. The maximum atomic E-state index is 14.0. The molecule has 1 amide bonds. The summed E-state index contributed by atoms with van der Waals surface area (Å²) in [7, 11) is 0. The third-order valence-corrected chi connectivity index (χ3v) is 4.51. The number of carbonyl (C=O) groups excluding carboxylic acids is 1. The Morgan fingerprint density at radius 2 is 1.88 bits per heavy atom. The maximum Gasteiger partial charge on any atom is 0.229 e. The van der Waals surface area contributed by atoms with Crippen molar-refractivity contribution in [3.8, 4) is 5.69 Å². The molecule has 1 fully saturated rings. The van der Waals surface area contributed by atoms with Gasteiger partial charge in [-0.1, -0.05) is 24.3 Å². The molecule has 1 aliphatic rings. The van der Waals surface area contributed by atoms with Crippen molar-refractivity contribution < 1.29 is 9.18 Å². The molecule has 2 heterocycles. The van der Waals surface area contributed by atoms with Crippen LogP contribution in [0.15, 0.2) is 54.9 Å². The van der Waals surface area contributed by atoms with Crippen molar-refractivity contribution in [3.05, 3.63) is 60.7 Å². The molecule has 8 heteroatoms. The molecule has 0 radical (unpaired) electrons. The first-order valence-electron chi connectivity index (χ1n) is 8.35. The monoisotopic (exact) mass is 352 g/mol. The molecule has 0 saturated carbocycles. The van der Waals surface area contributed by atoms with Gasteiger partial charge in [-0.15, -0.1) is 5.10 Å². The number of halogens is 1. The minimum absolute atomic E-state index is 0.0932. The number of hydrogen-bond acceptors (Lipinski definition) is 5. The molecule has 1 saturated heterocycles. The van der Waals surface area contributed by atoms with Crippen LogP contribution in [0.25, 0.3) is 5.69 Å². The van der Waals surface area contributed by atoms with Gasteiger partial charge >= 0.3 is 0 Å². The summed E-state index contributed by atoms with van der Waals surface area (Å²) in [6.45, 7) is 1.13. The maximum absolute atomic E-state index is 14.0. The zero-order valence-corrected chi connectivity index (χ0v) is 13.9. The quantitative estimate of drug-likeness (QED) is 0.779. The fourth-order valence-electron chi connectivity index (χ4n) is 3.19. The molecule has 1 unspecified atom stereocenters. The van der Waals surface area contributed by atoms with Gasteiger partial charge in [-0.3, -0.25) is 4.79 Å². The summed E-state index contributed by atoms with van der Waals surface area (Å²) in [4.78, 5) is 14.6.